The zero-order valence-electron chi connectivity index (χ0n) is 17.4. The molecule has 4 rings (SSSR count). The van der Waals surface area contributed by atoms with Gasteiger partial charge in [-0.1, -0.05) is 17.7 Å². The minimum absolute atomic E-state index is 0.0992. The molecule has 0 amide bonds. The molecule has 0 radical (unpaired) electrons. The van der Waals surface area contributed by atoms with Crippen molar-refractivity contribution in [1.29, 1.82) is 0 Å². The van der Waals surface area contributed by atoms with E-state index in [2.05, 4.69) is 20.4 Å². The Morgan fingerprint density at radius 2 is 1.97 bits per heavy atom. The fourth-order valence-electron chi connectivity index (χ4n) is 3.49. The van der Waals surface area contributed by atoms with Crippen molar-refractivity contribution >= 4 is 45.3 Å². The molecule has 1 aliphatic rings. The molecule has 0 saturated carbocycles. The first kappa shape index (κ1) is 21.8. The fourth-order valence-corrected chi connectivity index (χ4v) is 3.65. The van der Waals surface area contributed by atoms with Gasteiger partial charge in [0, 0.05) is 36.3 Å². The van der Waals surface area contributed by atoms with E-state index in [9.17, 15) is 15.2 Å². The maximum atomic E-state index is 11.3. The third-order valence-electron chi connectivity index (χ3n) is 5.19. The number of aryl methyl sites for hydroxylation is 1. The van der Waals surface area contributed by atoms with Crippen LogP contribution in [0.3, 0.4) is 0 Å². The van der Waals surface area contributed by atoms with Crippen LogP contribution in [0, 0.1) is 17.0 Å². The summed E-state index contributed by atoms with van der Waals surface area (Å²) in [5, 5.41) is 33.9. The standard InChI is InChI=1S/C21H22N6O4S/c1-14-2-4-15(5-3-14)22-21(32)24-23-19-17-12-16(27(29)30)6-7-18(17)26(20(19)28)13-25-8-10-31-11-9-25/h2-7,12,28H,8-11,13H2,1H3,(H,22,32). The number of nitrogens with one attached hydrogen (secondary N) is 1. The topological polar surface area (TPSA) is 118 Å². The Morgan fingerprint density at radius 3 is 2.66 bits per heavy atom. The number of morpholine rings is 1. The average Bonchev–Trinajstić information content (AvgIpc) is 3.05. The predicted molar refractivity (Wildman–Crippen MR) is 125 cm³/mol. The maximum absolute atomic E-state index is 11.3. The molecule has 1 fully saturated rings. The molecule has 1 saturated heterocycles. The minimum Gasteiger partial charge on any atom is -0.493 e. The lowest BCUT2D eigenvalue weighted by Gasteiger charge is -2.27. The molecule has 0 bridgehead atoms. The van der Waals surface area contributed by atoms with Gasteiger partial charge in [0.15, 0.2) is 5.69 Å². The number of rotatable bonds is 5. The average molecular weight is 455 g/mol. The van der Waals surface area contributed by atoms with Crippen LogP contribution < -0.4 is 5.32 Å². The van der Waals surface area contributed by atoms with Gasteiger partial charge >= 0.3 is 0 Å². The number of nitro groups is 1. The molecule has 166 valence electrons. The Morgan fingerprint density at radius 1 is 1.25 bits per heavy atom. The fraction of sp³-hybridized carbons (Fsp3) is 0.286. The first-order chi connectivity index (χ1) is 15.4. The quantitative estimate of drug-likeness (QED) is 0.255. The van der Waals surface area contributed by atoms with Crippen LogP contribution in [0.15, 0.2) is 52.7 Å². The number of aromatic nitrogens is 1. The second kappa shape index (κ2) is 9.39. The number of nitrogens with zero attached hydrogens (tertiary/aromatic N) is 5. The van der Waals surface area contributed by atoms with Crippen molar-refractivity contribution < 1.29 is 14.8 Å². The van der Waals surface area contributed by atoms with Crippen molar-refractivity contribution in [1.82, 2.24) is 9.47 Å². The summed E-state index contributed by atoms with van der Waals surface area (Å²) in [6.45, 7) is 5.02. The van der Waals surface area contributed by atoms with Crippen LogP contribution >= 0.6 is 12.2 Å². The third-order valence-corrected chi connectivity index (χ3v) is 5.38. The normalized spacial score (nSPS) is 14.8. The predicted octanol–water partition coefficient (Wildman–Crippen LogP) is 4.33. The van der Waals surface area contributed by atoms with E-state index in [0.717, 1.165) is 11.3 Å². The molecule has 0 spiro atoms. The van der Waals surface area contributed by atoms with E-state index < -0.39 is 4.92 Å². The first-order valence-electron chi connectivity index (χ1n) is 10.0. The van der Waals surface area contributed by atoms with E-state index >= 15 is 0 Å². The SMILES string of the molecule is Cc1ccc(NC(=S)N=Nc2c(O)n(CN3CCOCC3)c3ccc([N+](=O)[O-])cc23)cc1. The maximum Gasteiger partial charge on any atom is 0.270 e. The molecule has 0 atom stereocenters. The highest BCUT2D eigenvalue weighted by molar-refractivity contribution is 7.80. The lowest BCUT2D eigenvalue weighted by atomic mass is 10.2. The highest BCUT2D eigenvalue weighted by Gasteiger charge is 2.22. The lowest BCUT2D eigenvalue weighted by Crippen LogP contribution is -2.37. The summed E-state index contributed by atoms with van der Waals surface area (Å²) < 4.78 is 7.04. The van der Waals surface area contributed by atoms with E-state index in [1.54, 1.807) is 10.6 Å². The number of hydrogen-bond donors (Lipinski definition) is 2. The molecule has 3 aromatic rings. The first-order valence-corrected chi connectivity index (χ1v) is 10.4. The molecule has 0 unspecified atom stereocenters. The summed E-state index contributed by atoms with van der Waals surface area (Å²) in [5.41, 5.74) is 2.52. The molecule has 10 nitrogen and oxygen atoms in total. The molecular weight excluding hydrogens is 432 g/mol. The van der Waals surface area contributed by atoms with Crippen molar-refractivity contribution in [3.05, 3.63) is 58.1 Å². The lowest BCUT2D eigenvalue weighted by molar-refractivity contribution is -0.384. The summed E-state index contributed by atoms with van der Waals surface area (Å²) >= 11 is 5.25. The van der Waals surface area contributed by atoms with Gasteiger partial charge in [-0.3, -0.25) is 19.6 Å². The van der Waals surface area contributed by atoms with E-state index in [-0.39, 0.29) is 22.4 Å². The van der Waals surface area contributed by atoms with Crippen LogP contribution in [0.4, 0.5) is 17.1 Å². The number of thiocarbonyl (C=S) groups is 1. The number of hydrogen-bond acceptors (Lipinski definition) is 7. The second-order valence-electron chi connectivity index (χ2n) is 7.43. The van der Waals surface area contributed by atoms with Crippen molar-refractivity contribution in [2.75, 3.05) is 31.6 Å². The van der Waals surface area contributed by atoms with E-state index in [1.165, 1.54) is 12.1 Å². The van der Waals surface area contributed by atoms with Crippen molar-refractivity contribution in [3.63, 3.8) is 0 Å². The largest absolute Gasteiger partial charge is 0.493 e. The van der Waals surface area contributed by atoms with Gasteiger partial charge in [-0.2, -0.15) is 0 Å². The van der Waals surface area contributed by atoms with Gasteiger partial charge in [0.1, 0.15) is 0 Å². The number of ether oxygens (including phenoxy) is 1. The highest BCUT2D eigenvalue weighted by Crippen LogP contribution is 2.40. The molecular formula is C21H22N6O4S. The monoisotopic (exact) mass is 454 g/mol. The van der Waals surface area contributed by atoms with Gasteiger partial charge in [0.05, 0.1) is 30.3 Å². The number of azo groups is 1. The Bertz CT molecular complexity index is 1190. The Balaban J connectivity index is 1.66. The smallest absolute Gasteiger partial charge is 0.270 e. The van der Waals surface area contributed by atoms with Crippen LogP contribution in [0.5, 0.6) is 5.88 Å². The van der Waals surface area contributed by atoms with Crippen LogP contribution in [-0.2, 0) is 11.4 Å². The summed E-state index contributed by atoms with van der Waals surface area (Å²) in [7, 11) is 0. The van der Waals surface area contributed by atoms with Crippen molar-refractivity contribution in [2.24, 2.45) is 10.2 Å². The third kappa shape index (κ3) is 4.74. The molecule has 2 heterocycles. The number of anilines is 1. The number of benzene rings is 2. The molecule has 1 aliphatic heterocycles. The summed E-state index contributed by atoms with van der Waals surface area (Å²) in [6, 6.07) is 12.0. The zero-order valence-corrected chi connectivity index (χ0v) is 18.2. The number of aromatic hydroxyl groups is 1. The number of non-ortho nitro benzene ring substituents is 1. The highest BCUT2D eigenvalue weighted by atomic mass is 32.1. The summed E-state index contributed by atoms with van der Waals surface area (Å²) in [4.78, 5) is 12.9. The van der Waals surface area contributed by atoms with E-state index in [0.29, 0.717) is 43.9 Å². The van der Waals surface area contributed by atoms with Gasteiger partial charge in [0.25, 0.3) is 5.69 Å². The van der Waals surface area contributed by atoms with Crippen LogP contribution in [0.25, 0.3) is 10.9 Å². The zero-order chi connectivity index (χ0) is 22.7. The van der Waals surface area contributed by atoms with Crippen molar-refractivity contribution in [2.45, 2.75) is 13.6 Å². The van der Waals surface area contributed by atoms with Crippen molar-refractivity contribution in [3.8, 4) is 5.88 Å². The van der Waals surface area contributed by atoms with Crippen LogP contribution in [0.2, 0.25) is 0 Å². The van der Waals surface area contributed by atoms with Crippen LogP contribution in [-0.4, -0.2) is 50.9 Å². The second-order valence-corrected chi connectivity index (χ2v) is 7.81. The van der Waals surface area contributed by atoms with Gasteiger partial charge in [-0.05, 0) is 37.3 Å². The van der Waals surface area contributed by atoms with Gasteiger partial charge in [-0.25, -0.2) is 0 Å². The van der Waals surface area contributed by atoms with E-state index in [4.69, 9.17) is 17.0 Å². The van der Waals surface area contributed by atoms with Gasteiger partial charge in [0.2, 0.25) is 11.0 Å². The number of nitro benzene ring substituents is 1. The minimum atomic E-state index is -0.486. The Labute approximate surface area is 189 Å². The molecule has 11 heteroatoms. The van der Waals surface area contributed by atoms with Gasteiger partial charge < -0.3 is 15.2 Å². The van der Waals surface area contributed by atoms with Gasteiger partial charge in [-0.15, -0.1) is 10.2 Å². The Kier molecular flexibility index (Phi) is 6.40. The Hall–Kier alpha value is -3.41. The van der Waals surface area contributed by atoms with E-state index in [1.807, 2.05) is 31.2 Å². The summed E-state index contributed by atoms with van der Waals surface area (Å²) in [6.07, 6.45) is 0. The molecule has 0 aliphatic carbocycles. The summed E-state index contributed by atoms with van der Waals surface area (Å²) in [5.74, 6) is -0.131. The molecule has 32 heavy (non-hydrogen) atoms. The van der Waals surface area contributed by atoms with Crippen LogP contribution in [0.1, 0.15) is 5.56 Å². The molecule has 2 N–H and O–H groups in total. The number of fused-ring (bicyclic) bond motifs is 1. The molecule has 1 aromatic heterocycles. The molecule has 2 aromatic carbocycles.